The number of amides is 2. The summed E-state index contributed by atoms with van der Waals surface area (Å²) in [6.07, 6.45) is 0.618. The summed E-state index contributed by atoms with van der Waals surface area (Å²) in [5, 5.41) is 5.85. The van der Waals surface area contributed by atoms with Crippen molar-refractivity contribution in [3.63, 3.8) is 0 Å². The maximum absolute atomic E-state index is 12.0. The molecule has 0 aliphatic carbocycles. The maximum atomic E-state index is 12.0. The summed E-state index contributed by atoms with van der Waals surface area (Å²) in [7, 11) is 0. The highest BCUT2D eigenvalue weighted by Gasteiger charge is 2.22. The van der Waals surface area contributed by atoms with Gasteiger partial charge in [0, 0.05) is 32.7 Å². The molecule has 0 aromatic heterocycles. The van der Waals surface area contributed by atoms with Crippen LogP contribution < -0.4 is 20.1 Å². The number of carbonyl (C=O) groups excluding carboxylic acids is 2. The van der Waals surface area contributed by atoms with Gasteiger partial charge in [-0.3, -0.25) is 9.59 Å². The van der Waals surface area contributed by atoms with Crippen molar-refractivity contribution in [2.24, 2.45) is 0 Å². The molecule has 2 amide bonds. The number of hydrogen-bond acceptors (Lipinski definition) is 5. The minimum absolute atomic E-state index is 0.399. The number of ether oxygens (including phenoxy) is 2. The molecule has 2 N–H and O–H groups in total. The Morgan fingerprint density at radius 3 is 2.48 bits per heavy atom. The van der Waals surface area contributed by atoms with E-state index >= 15 is 0 Å². The van der Waals surface area contributed by atoms with Gasteiger partial charge in [0.05, 0.1) is 13.2 Å². The first-order chi connectivity index (χ1) is 12.2. The van der Waals surface area contributed by atoms with E-state index in [0.29, 0.717) is 50.8 Å². The van der Waals surface area contributed by atoms with Gasteiger partial charge < -0.3 is 25.0 Å². The summed E-state index contributed by atoms with van der Waals surface area (Å²) in [6, 6.07) is 5.73. The second-order valence-electron chi connectivity index (χ2n) is 5.70. The highest BCUT2D eigenvalue weighted by molar-refractivity contribution is 6.35. The number of rotatable bonds is 7. The van der Waals surface area contributed by atoms with E-state index in [4.69, 9.17) is 9.47 Å². The highest BCUT2D eigenvalue weighted by Crippen LogP contribution is 2.28. The molecule has 7 nitrogen and oxygen atoms in total. The molecule has 1 aromatic rings. The van der Waals surface area contributed by atoms with E-state index in [9.17, 15) is 9.59 Å². The second kappa shape index (κ2) is 9.88. The molecule has 1 aliphatic rings. The van der Waals surface area contributed by atoms with Crippen molar-refractivity contribution >= 4 is 11.8 Å². The second-order valence-corrected chi connectivity index (χ2v) is 5.70. The van der Waals surface area contributed by atoms with Crippen molar-refractivity contribution in [3.8, 4) is 11.5 Å². The summed E-state index contributed by atoms with van der Waals surface area (Å²) >= 11 is 0. The van der Waals surface area contributed by atoms with Crippen LogP contribution >= 0.6 is 0 Å². The maximum Gasteiger partial charge on any atom is 0.311 e. The molecule has 1 aliphatic heterocycles. The number of nitrogens with zero attached hydrogens (tertiary/aromatic N) is 1. The van der Waals surface area contributed by atoms with E-state index < -0.39 is 11.8 Å². The van der Waals surface area contributed by atoms with Gasteiger partial charge in [-0.25, -0.2) is 0 Å². The minimum atomic E-state index is -0.544. The van der Waals surface area contributed by atoms with Gasteiger partial charge in [0.25, 0.3) is 0 Å². The molecule has 0 atom stereocenters. The molecule has 0 spiro atoms. The molecule has 1 saturated heterocycles. The van der Waals surface area contributed by atoms with Crippen LogP contribution in [0.4, 0.5) is 0 Å². The van der Waals surface area contributed by atoms with Crippen molar-refractivity contribution in [2.45, 2.75) is 20.3 Å². The van der Waals surface area contributed by atoms with Crippen LogP contribution in [0.5, 0.6) is 11.5 Å². The van der Waals surface area contributed by atoms with E-state index in [1.54, 1.807) is 4.90 Å². The molecule has 0 unspecified atom stereocenters. The Kier molecular flexibility index (Phi) is 7.53. The lowest BCUT2D eigenvalue weighted by atomic mass is 10.1. The van der Waals surface area contributed by atoms with Gasteiger partial charge in [0.1, 0.15) is 0 Å². The molecule has 0 bridgehead atoms. The third-order valence-corrected chi connectivity index (χ3v) is 3.91. The molecule has 1 heterocycles. The van der Waals surface area contributed by atoms with Crippen LogP contribution in [0.25, 0.3) is 0 Å². The fraction of sp³-hybridized carbons (Fsp3) is 0.556. The zero-order valence-corrected chi connectivity index (χ0v) is 15.0. The lowest BCUT2D eigenvalue weighted by Gasteiger charge is -2.26. The van der Waals surface area contributed by atoms with Gasteiger partial charge in [-0.15, -0.1) is 0 Å². The first-order valence-electron chi connectivity index (χ1n) is 8.82. The van der Waals surface area contributed by atoms with Crippen LogP contribution in [-0.4, -0.2) is 62.7 Å². The monoisotopic (exact) mass is 349 g/mol. The highest BCUT2D eigenvalue weighted by atomic mass is 16.5. The lowest BCUT2D eigenvalue weighted by molar-refractivity contribution is -0.146. The van der Waals surface area contributed by atoms with Crippen molar-refractivity contribution in [2.75, 3.05) is 45.9 Å². The molecule has 7 heteroatoms. The zero-order chi connectivity index (χ0) is 18.1. The average molecular weight is 349 g/mol. The van der Waals surface area contributed by atoms with Crippen LogP contribution in [0, 0.1) is 0 Å². The van der Waals surface area contributed by atoms with Gasteiger partial charge >= 0.3 is 11.8 Å². The standard InChI is InChI=1S/C18H27N3O4/c1-3-24-15-6-5-14(13-16(15)25-4-2)7-8-20-17(22)18(23)21-11-9-19-10-12-21/h5-6,13,19H,3-4,7-12H2,1-2H3,(H,20,22). The topological polar surface area (TPSA) is 79.9 Å². The van der Waals surface area contributed by atoms with E-state index in [2.05, 4.69) is 10.6 Å². The fourth-order valence-electron chi connectivity index (χ4n) is 2.66. The van der Waals surface area contributed by atoms with Crippen molar-refractivity contribution in [3.05, 3.63) is 23.8 Å². The number of benzene rings is 1. The molecule has 138 valence electrons. The summed E-state index contributed by atoms with van der Waals surface area (Å²) in [4.78, 5) is 25.6. The summed E-state index contributed by atoms with van der Waals surface area (Å²) in [5.74, 6) is 0.414. The van der Waals surface area contributed by atoms with Crippen LogP contribution in [0.15, 0.2) is 18.2 Å². The van der Waals surface area contributed by atoms with E-state index in [1.807, 2.05) is 32.0 Å². The number of nitrogens with one attached hydrogen (secondary N) is 2. The normalized spacial score (nSPS) is 14.1. The third kappa shape index (κ3) is 5.63. The Labute approximate surface area is 148 Å². The third-order valence-electron chi connectivity index (χ3n) is 3.91. The first kappa shape index (κ1) is 19.1. The number of hydrogen-bond donors (Lipinski definition) is 2. The fourth-order valence-corrected chi connectivity index (χ4v) is 2.66. The quantitative estimate of drug-likeness (QED) is 0.704. The Hall–Kier alpha value is -2.28. The van der Waals surface area contributed by atoms with Crippen LogP contribution in [0.2, 0.25) is 0 Å². The molecule has 2 rings (SSSR count). The molecular weight excluding hydrogens is 322 g/mol. The minimum Gasteiger partial charge on any atom is -0.490 e. The van der Waals surface area contributed by atoms with Crippen molar-refractivity contribution in [1.29, 1.82) is 0 Å². The predicted molar refractivity (Wildman–Crippen MR) is 94.9 cm³/mol. The van der Waals surface area contributed by atoms with Gasteiger partial charge in [-0.1, -0.05) is 6.07 Å². The molecule has 1 aromatic carbocycles. The molecule has 0 saturated carbocycles. The van der Waals surface area contributed by atoms with Crippen molar-refractivity contribution in [1.82, 2.24) is 15.5 Å². The largest absolute Gasteiger partial charge is 0.490 e. The molecule has 25 heavy (non-hydrogen) atoms. The van der Waals surface area contributed by atoms with Crippen molar-refractivity contribution < 1.29 is 19.1 Å². The predicted octanol–water partition coefficient (Wildman–Crippen LogP) is 0.575. The van der Waals surface area contributed by atoms with E-state index in [1.165, 1.54) is 0 Å². The van der Waals surface area contributed by atoms with Gasteiger partial charge in [0.2, 0.25) is 0 Å². The molecular formula is C18H27N3O4. The summed E-state index contributed by atoms with van der Waals surface area (Å²) in [5.41, 5.74) is 1.02. The molecule has 0 radical (unpaired) electrons. The van der Waals surface area contributed by atoms with E-state index in [0.717, 1.165) is 18.7 Å². The summed E-state index contributed by atoms with van der Waals surface area (Å²) < 4.78 is 11.1. The van der Waals surface area contributed by atoms with Crippen LogP contribution in [-0.2, 0) is 16.0 Å². The number of carbonyl (C=O) groups is 2. The van der Waals surface area contributed by atoms with Crippen LogP contribution in [0.1, 0.15) is 19.4 Å². The number of piperazine rings is 1. The first-order valence-corrected chi connectivity index (χ1v) is 8.82. The van der Waals surface area contributed by atoms with Crippen LogP contribution in [0.3, 0.4) is 0 Å². The average Bonchev–Trinajstić information content (AvgIpc) is 2.64. The van der Waals surface area contributed by atoms with Gasteiger partial charge in [-0.05, 0) is 38.0 Å². The van der Waals surface area contributed by atoms with Gasteiger partial charge in [-0.2, -0.15) is 0 Å². The Morgan fingerprint density at radius 2 is 1.80 bits per heavy atom. The Balaban J connectivity index is 1.85. The lowest BCUT2D eigenvalue weighted by Crippen LogP contribution is -2.51. The molecule has 1 fully saturated rings. The Bertz CT molecular complexity index is 586. The summed E-state index contributed by atoms with van der Waals surface area (Å²) in [6.45, 7) is 7.97. The van der Waals surface area contributed by atoms with E-state index in [-0.39, 0.29) is 0 Å². The SMILES string of the molecule is CCOc1ccc(CCNC(=O)C(=O)N2CCNCC2)cc1OCC. The van der Waals surface area contributed by atoms with Gasteiger partial charge in [0.15, 0.2) is 11.5 Å². The smallest absolute Gasteiger partial charge is 0.311 e. The Morgan fingerprint density at radius 1 is 1.12 bits per heavy atom. The zero-order valence-electron chi connectivity index (χ0n) is 15.0.